The molecule has 3 heterocycles. The second-order valence-electron chi connectivity index (χ2n) is 6.09. The van der Waals surface area contributed by atoms with E-state index in [1.54, 1.807) is 12.1 Å². The molecular formula is C17H22N2O4. The van der Waals surface area contributed by atoms with Gasteiger partial charge in [-0.3, -0.25) is 4.90 Å². The third-order valence-electron chi connectivity index (χ3n) is 4.68. The van der Waals surface area contributed by atoms with Crippen molar-refractivity contribution in [1.82, 2.24) is 10.2 Å². The van der Waals surface area contributed by atoms with E-state index in [4.69, 9.17) is 4.74 Å². The van der Waals surface area contributed by atoms with Crippen molar-refractivity contribution in [2.24, 2.45) is 5.92 Å². The first-order chi connectivity index (χ1) is 11.2. The lowest BCUT2D eigenvalue weighted by Gasteiger charge is -2.44. The van der Waals surface area contributed by atoms with Crippen molar-refractivity contribution in [3.8, 4) is 0 Å². The molecule has 3 aliphatic rings. The second kappa shape index (κ2) is 7.00. The van der Waals surface area contributed by atoms with E-state index in [0.29, 0.717) is 11.5 Å². The van der Waals surface area contributed by atoms with Crippen LogP contribution < -0.4 is 5.32 Å². The number of carbonyl (C=O) groups excluding carboxylic acids is 2. The minimum Gasteiger partial charge on any atom is -0.459 e. The maximum absolute atomic E-state index is 12.6. The molecule has 6 heteroatoms. The number of benzene rings is 1. The Balaban J connectivity index is 1.71. The molecule has 0 radical (unpaired) electrons. The number of carbonyl (C=O) groups is 2. The normalized spacial score (nSPS) is 27.1. The van der Waals surface area contributed by atoms with Crippen LogP contribution in [0, 0.1) is 5.92 Å². The molecule has 124 valence electrons. The van der Waals surface area contributed by atoms with Gasteiger partial charge < -0.3 is 14.8 Å². The Morgan fingerprint density at radius 2 is 1.91 bits per heavy atom. The van der Waals surface area contributed by atoms with Gasteiger partial charge >= 0.3 is 12.1 Å². The van der Waals surface area contributed by atoms with Crippen molar-refractivity contribution in [2.75, 3.05) is 26.7 Å². The summed E-state index contributed by atoms with van der Waals surface area (Å²) in [4.78, 5) is 26.5. The summed E-state index contributed by atoms with van der Waals surface area (Å²) >= 11 is 0. The van der Waals surface area contributed by atoms with Crippen molar-refractivity contribution >= 4 is 12.1 Å². The minimum atomic E-state index is -0.848. The number of ether oxygens (including phenoxy) is 2. The Bertz CT molecular complexity index is 555. The zero-order valence-electron chi connectivity index (χ0n) is 13.2. The number of nitrogens with zero attached hydrogens (tertiary/aromatic N) is 1. The Labute approximate surface area is 135 Å². The van der Waals surface area contributed by atoms with Crippen LogP contribution >= 0.6 is 0 Å². The fourth-order valence-electron chi connectivity index (χ4n) is 3.36. The van der Waals surface area contributed by atoms with Crippen molar-refractivity contribution in [2.45, 2.75) is 25.0 Å². The summed E-state index contributed by atoms with van der Waals surface area (Å²) < 4.78 is 10.4. The van der Waals surface area contributed by atoms with Gasteiger partial charge in [-0.15, -0.1) is 0 Å². The van der Waals surface area contributed by atoms with Gasteiger partial charge in [-0.25, -0.2) is 9.59 Å². The van der Waals surface area contributed by atoms with Crippen LogP contribution in [0.3, 0.4) is 0 Å². The summed E-state index contributed by atoms with van der Waals surface area (Å²) in [5.74, 6) is -0.00106. The largest absolute Gasteiger partial charge is 0.459 e. The highest BCUT2D eigenvalue weighted by Crippen LogP contribution is 2.30. The molecule has 1 amide bonds. The van der Waals surface area contributed by atoms with Crippen LogP contribution in [-0.4, -0.2) is 49.8 Å². The monoisotopic (exact) mass is 318 g/mol. The van der Waals surface area contributed by atoms with Gasteiger partial charge in [-0.2, -0.15) is 0 Å². The predicted molar refractivity (Wildman–Crippen MR) is 83.8 cm³/mol. The number of nitrogens with one attached hydrogen (secondary N) is 1. The van der Waals surface area contributed by atoms with E-state index in [-0.39, 0.29) is 6.10 Å². The SMILES string of the molecule is COC(=O)NC(C(=O)O[C@H]1CN2CCC1CC2)c1ccccc1. The van der Waals surface area contributed by atoms with Gasteiger partial charge in [0.15, 0.2) is 6.04 Å². The Morgan fingerprint density at radius 3 is 2.48 bits per heavy atom. The standard InChI is InChI=1S/C17H22N2O4/c1-22-17(21)18-15(13-5-3-2-4-6-13)16(20)23-14-11-19-9-7-12(14)8-10-19/h2-6,12,14-15H,7-11H2,1H3,(H,18,21)/t14-,15?/m0/s1. The number of hydrogen-bond acceptors (Lipinski definition) is 5. The number of alkyl carbamates (subject to hydrolysis) is 1. The van der Waals surface area contributed by atoms with Crippen LogP contribution in [0.1, 0.15) is 24.4 Å². The van der Waals surface area contributed by atoms with E-state index in [1.807, 2.05) is 18.2 Å². The molecule has 3 saturated heterocycles. The minimum absolute atomic E-state index is 0.0874. The van der Waals surface area contributed by atoms with Crippen molar-refractivity contribution in [3.63, 3.8) is 0 Å². The van der Waals surface area contributed by atoms with Gasteiger partial charge in [0.25, 0.3) is 0 Å². The summed E-state index contributed by atoms with van der Waals surface area (Å²) in [6.45, 7) is 2.96. The molecule has 4 rings (SSSR count). The molecule has 1 unspecified atom stereocenters. The van der Waals surface area contributed by atoms with Crippen molar-refractivity contribution < 1.29 is 19.1 Å². The van der Waals surface area contributed by atoms with Gasteiger partial charge in [0, 0.05) is 6.54 Å². The molecule has 0 spiro atoms. The number of fused-ring (bicyclic) bond motifs is 3. The van der Waals surface area contributed by atoms with Crippen LogP contribution in [0.25, 0.3) is 0 Å². The van der Waals surface area contributed by atoms with Crippen molar-refractivity contribution in [3.05, 3.63) is 35.9 Å². The molecule has 3 aliphatic heterocycles. The summed E-state index contributed by atoms with van der Waals surface area (Å²) in [5, 5.41) is 2.57. The molecule has 0 aliphatic carbocycles. The molecule has 6 nitrogen and oxygen atoms in total. The van der Waals surface area contributed by atoms with E-state index in [0.717, 1.165) is 32.5 Å². The summed E-state index contributed by atoms with van der Waals surface area (Å²) in [6, 6.07) is 8.24. The Hall–Kier alpha value is -2.08. The van der Waals surface area contributed by atoms with Crippen LogP contribution in [0.2, 0.25) is 0 Å². The van der Waals surface area contributed by atoms with E-state index >= 15 is 0 Å². The van der Waals surface area contributed by atoms with Gasteiger partial charge in [0.2, 0.25) is 0 Å². The predicted octanol–water partition coefficient (Wildman–Crippen LogP) is 1.72. The third kappa shape index (κ3) is 3.64. The molecular weight excluding hydrogens is 296 g/mol. The van der Waals surface area contributed by atoms with Gasteiger partial charge in [0.1, 0.15) is 6.10 Å². The maximum atomic E-state index is 12.6. The van der Waals surface area contributed by atoms with E-state index in [1.165, 1.54) is 7.11 Å². The van der Waals surface area contributed by atoms with Gasteiger partial charge in [-0.05, 0) is 37.4 Å². The number of amides is 1. The second-order valence-corrected chi connectivity index (χ2v) is 6.09. The number of esters is 1. The first kappa shape index (κ1) is 15.8. The third-order valence-corrected chi connectivity index (χ3v) is 4.68. The smallest absolute Gasteiger partial charge is 0.407 e. The lowest BCUT2D eigenvalue weighted by Crippen LogP contribution is -2.52. The fourth-order valence-corrected chi connectivity index (χ4v) is 3.36. The molecule has 2 atom stereocenters. The molecule has 1 aromatic carbocycles. The Morgan fingerprint density at radius 1 is 1.22 bits per heavy atom. The van der Waals surface area contributed by atoms with E-state index < -0.39 is 18.1 Å². The zero-order valence-corrected chi connectivity index (χ0v) is 13.2. The number of rotatable bonds is 4. The lowest BCUT2D eigenvalue weighted by molar-refractivity contribution is -0.161. The quantitative estimate of drug-likeness (QED) is 0.856. The molecule has 0 aromatic heterocycles. The van der Waals surface area contributed by atoms with Crippen LogP contribution in [0.4, 0.5) is 4.79 Å². The Kier molecular flexibility index (Phi) is 4.81. The summed E-state index contributed by atoms with van der Waals surface area (Å²) in [7, 11) is 1.27. The highest BCUT2D eigenvalue weighted by atomic mass is 16.6. The number of hydrogen-bond donors (Lipinski definition) is 1. The number of piperidine rings is 3. The highest BCUT2D eigenvalue weighted by molar-refractivity contribution is 5.82. The van der Waals surface area contributed by atoms with Crippen LogP contribution in [0.5, 0.6) is 0 Å². The average molecular weight is 318 g/mol. The lowest BCUT2D eigenvalue weighted by atomic mass is 9.86. The van der Waals surface area contributed by atoms with Crippen LogP contribution in [0.15, 0.2) is 30.3 Å². The molecule has 3 fully saturated rings. The molecule has 1 aromatic rings. The zero-order chi connectivity index (χ0) is 16.2. The van der Waals surface area contributed by atoms with Gasteiger partial charge in [0.05, 0.1) is 7.11 Å². The molecule has 1 N–H and O–H groups in total. The van der Waals surface area contributed by atoms with Crippen LogP contribution in [-0.2, 0) is 14.3 Å². The fraction of sp³-hybridized carbons (Fsp3) is 0.529. The average Bonchev–Trinajstić information content (AvgIpc) is 2.61. The molecule has 2 bridgehead atoms. The summed E-state index contributed by atoms with van der Waals surface area (Å²) in [6.07, 6.45) is 1.40. The van der Waals surface area contributed by atoms with Crippen molar-refractivity contribution in [1.29, 1.82) is 0 Å². The maximum Gasteiger partial charge on any atom is 0.407 e. The molecule has 23 heavy (non-hydrogen) atoms. The highest BCUT2D eigenvalue weighted by Gasteiger charge is 2.38. The van der Waals surface area contributed by atoms with Gasteiger partial charge in [-0.1, -0.05) is 30.3 Å². The number of methoxy groups -OCH3 is 1. The van der Waals surface area contributed by atoms with E-state index in [9.17, 15) is 9.59 Å². The first-order valence-corrected chi connectivity index (χ1v) is 7.99. The van der Waals surface area contributed by atoms with E-state index in [2.05, 4.69) is 15.0 Å². The molecule has 0 saturated carbocycles. The summed E-state index contributed by atoms with van der Waals surface area (Å²) in [5.41, 5.74) is 0.684. The topological polar surface area (TPSA) is 67.9 Å². The first-order valence-electron chi connectivity index (χ1n) is 7.99.